The molecule has 0 aromatic heterocycles. The summed E-state index contributed by atoms with van der Waals surface area (Å²) in [6, 6.07) is 65.4. The summed E-state index contributed by atoms with van der Waals surface area (Å²) in [7, 11) is 0. The van der Waals surface area contributed by atoms with E-state index in [9.17, 15) is 39.3 Å². The lowest BCUT2D eigenvalue weighted by atomic mass is 9.80. The summed E-state index contributed by atoms with van der Waals surface area (Å²) in [6.07, 6.45) is -22.7. The monoisotopic (exact) mass is 1510 g/mol. The van der Waals surface area contributed by atoms with Gasteiger partial charge in [-0.25, -0.2) is 24.0 Å². The third kappa shape index (κ3) is 24.6. The summed E-state index contributed by atoms with van der Waals surface area (Å²) >= 11 is 0. The van der Waals surface area contributed by atoms with Crippen LogP contribution in [0.25, 0.3) is 0 Å². The van der Waals surface area contributed by atoms with Gasteiger partial charge in [0, 0.05) is 19.5 Å². The number of hydrogen-bond acceptors (Lipinski definition) is 21. The number of aliphatic hydroxyl groups excluding tert-OH is 3. The van der Waals surface area contributed by atoms with Crippen molar-refractivity contribution in [3.8, 4) is 0 Å². The Morgan fingerprint density at radius 3 is 1.17 bits per heavy atom. The predicted octanol–water partition coefficient (Wildman–Crippen LogP) is 9.08. The van der Waals surface area contributed by atoms with E-state index in [2.05, 4.69) is 31.9 Å². The number of rotatable bonds is 34. The second-order valence-electron chi connectivity index (χ2n) is 26.5. The average Bonchev–Trinajstić information content (AvgIpc) is 0.753. The minimum Gasteiger partial charge on any atom is -0.445 e. The molecule has 2 heterocycles. The zero-order valence-corrected chi connectivity index (χ0v) is 60.3. The first-order valence-electron chi connectivity index (χ1n) is 36.5. The third-order valence-corrected chi connectivity index (χ3v) is 18.5. The minimum absolute atomic E-state index is 0.0446. The van der Waals surface area contributed by atoms with Gasteiger partial charge in [0.15, 0.2) is 12.6 Å². The van der Waals surface area contributed by atoms with Crippen molar-refractivity contribution in [1.29, 1.82) is 0 Å². The molecule has 1 saturated carbocycles. The smallest absolute Gasteiger partial charge is 0.407 e. The van der Waals surface area contributed by atoms with Crippen molar-refractivity contribution in [3.63, 3.8) is 0 Å². The molecule has 11 rings (SSSR count). The van der Waals surface area contributed by atoms with Crippen LogP contribution in [0.1, 0.15) is 63.8 Å². The Morgan fingerprint density at radius 1 is 0.373 bits per heavy atom. The van der Waals surface area contributed by atoms with Gasteiger partial charge in [0.2, 0.25) is 5.91 Å². The summed E-state index contributed by atoms with van der Waals surface area (Å²) in [5, 5.41) is 54.5. The van der Waals surface area contributed by atoms with Crippen LogP contribution in [0, 0.1) is 0 Å². The topological polar surface area (TPSA) is 346 Å². The van der Waals surface area contributed by atoms with E-state index in [0.29, 0.717) is 33.4 Å². The molecule has 9 N–H and O–H groups in total. The first-order chi connectivity index (χ1) is 53.8. The Kier molecular flexibility index (Phi) is 30.8. The highest BCUT2D eigenvalue weighted by molar-refractivity contribution is 5.81. The van der Waals surface area contributed by atoms with Crippen LogP contribution in [-0.2, 0) is 114 Å². The van der Waals surface area contributed by atoms with Gasteiger partial charge in [0.1, 0.15) is 81.9 Å². The molecule has 27 heteroatoms. The minimum atomic E-state index is -2.14. The Hall–Kier alpha value is -10.8. The number of amides is 6. The van der Waals surface area contributed by atoms with Crippen molar-refractivity contribution >= 4 is 36.4 Å². The largest absolute Gasteiger partial charge is 0.445 e. The molecule has 2 aliphatic heterocycles. The van der Waals surface area contributed by atoms with Gasteiger partial charge in [0.25, 0.3) is 0 Å². The Balaban J connectivity index is 1.00. The van der Waals surface area contributed by atoms with Gasteiger partial charge in [0.05, 0.1) is 56.7 Å². The Bertz CT molecular complexity index is 4080. The van der Waals surface area contributed by atoms with Crippen molar-refractivity contribution in [2.75, 3.05) is 19.7 Å². The fourth-order valence-electron chi connectivity index (χ4n) is 12.8. The van der Waals surface area contributed by atoms with E-state index in [1.807, 2.05) is 36.4 Å². The van der Waals surface area contributed by atoms with Gasteiger partial charge in [-0.15, -0.1) is 0 Å². The zero-order chi connectivity index (χ0) is 76.7. The summed E-state index contributed by atoms with van der Waals surface area (Å²) in [4.78, 5) is 85.9. The number of carbonyl (C=O) groups is 6. The Morgan fingerprint density at radius 2 is 0.736 bits per heavy atom. The molecular formula is C83H92N6O21. The van der Waals surface area contributed by atoms with Gasteiger partial charge < -0.3 is 104 Å². The van der Waals surface area contributed by atoms with E-state index in [4.69, 9.17) is 56.8 Å². The van der Waals surface area contributed by atoms with Crippen LogP contribution in [0.3, 0.4) is 0 Å². The van der Waals surface area contributed by atoms with Crippen LogP contribution in [-0.4, -0.2) is 163 Å². The number of hydrogen-bond donors (Lipinski definition) is 9. The lowest BCUT2D eigenvalue weighted by molar-refractivity contribution is -0.329. The number of ether oxygens (including phenoxy) is 12. The molecule has 0 radical (unpaired) electrons. The molecule has 6 amide bonds. The molecule has 15 atom stereocenters. The van der Waals surface area contributed by atoms with Crippen molar-refractivity contribution < 1.29 is 101 Å². The molecule has 580 valence electrons. The normalized spacial score (nSPS) is 23.2. The third-order valence-electron chi connectivity index (χ3n) is 18.5. The molecule has 7 unspecified atom stereocenters. The molecule has 0 bridgehead atoms. The highest BCUT2D eigenvalue weighted by Gasteiger charge is 2.58. The summed E-state index contributed by atoms with van der Waals surface area (Å²) < 4.78 is 76.4. The maximum absolute atomic E-state index is 15.9. The predicted molar refractivity (Wildman–Crippen MR) is 397 cm³/mol. The van der Waals surface area contributed by atoms with Gasteiger partial charge in [-0.05, 0) is 57.3 Å². The van der Waals surface area contributed by atoms with Crippen molar-refractivity contribution in [3.05, 3.63) is 287 Å². The van der Waals surface area contributed by atoms with E-state index >= 15 is 4.79 Å². The highest BCUT2D eigenvalue weighted by Crippen LogP contribution is 2.36. The molecule has 8 aromatic rings. The number of nitrogens with one attached hydrogen (secondary N) is 6. The molecule has 27 nitrogen and oxygen atoms in total. The molecule has 0 spiro atoms. The van der Waals surface area contributed by atoms with Gasteiger partial charge in [-0.2, -0.15) is 0 Å². The van der Waals surface area contributed by atoms with Crippen molar-refractivity contribution in [1.82, 2.24) is 31.9 Å². The van der Waals surface area contributed by atoms with E-state index in [0.717, 1.165) is 11.1 Å². The van der Waals surface area contributed by atoms with Crippen LogP contribution >= 0.6 is 0 Å². The lowest BCUT2D eigenvalue weighted by Crippen LogP contribution is -2.75. The average molecular weight is 1510 g/mol. The molecule has 3 fully saturated rings. The van der Waals surface area contributed by atoms with Gasteiger partial charge >= 0.3 is 30.5 Å². The van der Waals surface area contributed by atoms with E-state index in [-0.39, 0.29) is 85.2 Å². The molecule has 8 aromatic carbocycles. The summed E-state index contributed by atoms with van der Waals surface area (Å²) in [5.41, 5.74) is 5.26. The molecule has 110 heavy (non-hydrogen) atoms. The quantitative estimate of drug-likeness (QED) is 0.0170. The Labute approximate surface area is 637 Å². The summed E-state index contributed by atoms with van der Waals surface area (Å²) in [6.45, 7) is -2.51. The second-order valence-corrected chi connectivity index (χ2v) is 26.5. The maximum atomic E-state index is 15.9. The number of aliphatic hydroxyl groups is 3. The van der Waals surface area contributed by atoms with Gasteiger partial charge in [-0.1, -0.05) is 243 Å². The van der Waals surface area contributed by atoms with Crippen LogP contribution in [0.4, 0.5) is 24.0 Å². The summed E-state index contributed by atoms with van der Waals surface area (Å²) in [5.74, 6) is -0.860. The molecule has 3 aliphatic rings. The first kappa shape index (κ1) is 80.2. The number of benzene rings is 8. The fourth-order valence-corrected chi connectivity index (χ4v) is 12.8. The van der Waals surface area contributed by atoms with Crippen LogP contribution in [0.2, 0.25) is 0 Å². The van der Waals surface area contributed by atoms with Crippen molar-refractivity contribution in [2.24, 2.45) is 0 Å². The van der Waals surface area contributed by atoms with Crippen LogP contribution < -0.4 is 31.9 Å². The molecule has 2 saturated heterocycles. The number of carbonyl (C=O) groups excluding carboxylic acids is 6. The van der Waals surface area contributed by atoms with Crippen LogP contribution in [0.15, 0.2) is 243 Å². The molecular weight excluding hydrogens is 1420 g/mol. The van der Waals surface area contributed by atoms with E-state index in [1.54, 1.807) is 206 Å². The number of alkyl carbamates (subject to hydrolysis) is 5. The SMILES string of the molecule is O=C(NCC[C@@H](OCc1ccccc1)C(=O)N[C@@H]1C(OCc2ccccc2)[C@H](NC(=O)OCc2ccccc2)C(O[C@H]2OC(CNC(=O)OCc3ccccc3)CCC2NC(=O)OCc2ccccc2)C(O)[C@H]1O[C@H]1OC(CO)[C@@H](O)[C@H](NC(=O)OCc2ccccc2)C1OCc1ccccc1)OCc1ccccc1. The lowest BCUT2D eigenvalue weighted by Gasteiger charge is -2.52. The second kappa shape index (κ2) is 42.2. The molecule has 1 aliphatic carbocycles. The fraction of sp³-hybridized carbons (Fsp3) is 0.349. The van der Waals surface area contributed by atoms with Gasteiger partial charge in [-0.3, -0.25) is 4.79 Å². The standard InChI is InChI=1S/C83H92N6O21/c90-46-66-70(91)67(88-82(97)105-53-61-37-21-7-22-38-61)75(101-49-57-29-13-3-14-30-57)78(108-66)110-73-68(87-76(93)65(99-47-55-25-9-1-10-26-55)43-44-84-79(94)102-50-58-31-15-4-16-32-58)72(100-48-56-27-11-2-12-28-56)69(89-83(98)106-54-62-39-23-8-24-40-62)74(71(73)92)109-77-64(86-81(96)104-52-60-35-19-6-20-36-60)42-41-63(107-77)45-85-80(95)103-51-59-33-17-5-18-34-59/h1-40,63-75,77-78,90-92H,41-54H2,(H,84,94)(H,85,95)(H,86,96)(H,87,93)(H,88,97)(H,89,98)/t63?,64?,65-,66?,67+,68-,69+,70-,71?,72?,73+,74?,75?,77-,78-/m1/s1. The zero-order valence-electron chi connectivity index (χ0n) is 60.3. The van der Waals surface area contributed by atoms with Crippen LogP contribution in [0.5, 0.6) is 0 Å². The first-order valence-corrected chi connectivity index (χ1v) is 36.5. The van der Waals surface area contributed by atoms with Crippen molar-refractivity contribution in [2.45, 2.75) is 164 Å². The maximum Gasteiger partial charge on any atom is 0.407 e. The highest BCUT2D eigenvalue weighted by atomic mass is 16.7. The van der Waals surface area contributed by atoms with E-state index < -0.39 is 135 Å². The van der Waals surface area contributed by atoms with E-state index in [1.165, 1.54) is 0 Å².